The van der Waals surface area contributed by atoms with E-state index in [0.29, 0.717) is 37.6 Å². The lowest BCUT2D eigenvalue weighted by Gasteiger charge is -2.35. The molecule has 1 aliphatic rings. The fourth-order valence-electron chi connectivity index (χ4n) is 3.54. The standard InChI is InChI=1S/C21H24N4O4/c1-14-5-4-6-15(2)20(14)22-21(27)17-7-8-18(19(13-17)25(28)29)24-11-9-23(10-12-24)16(3)26/h4-8,13H,9-12H2,1-3H3,(H,22,27). The Balaban J connectivity index is 1.84. The zero-order valence-electron chi connectivity index (χ0n) is 16.8. The summed E-state index contributed by atoms with van der Waals surface area (Å²) < 4.78 is 0. The molecule has 29 heavy (non-hydrogen) atoms. The van der Waals surface area contributed by atoms with E-state index < -0.39 is 10.8 Å². The van der Waals surface area contributed by atoms with Crippen molar-refractivity contribution >= 4 is 28.9 Å². The van der Waals surface area contributed by atoms with Gasteiger partial charge >= 0.3 is 0 Å². The summed E-state index contributed by atoms with van der Waals surface area (Å²) in [6.45, 7) is 7.36. The first-order chi connectivity index (χ1) is 13.8. The maximum atomic E-state index is 12.7. The number of benzene rings is 2. The highest BCUT2D eigenvalue weighted by Gasteiger charge is 2.26. The molecule has 8 heteroatoms. The second kappa shape index (κ2) is 8.30. The lowest BCUT2D eigenvalue weighted by molar-refractivity contribution is -0.384. The molecule has 152 valence electrons. The molecule has 0 spiro atoms. The second-order valence-electron chi connectivity index (χ2n) is 7.17. The maximum absolute atomic E-state index is 12.7. The molecule has 1 fully saturated rings. The van der Waals surface area contributed by atoms with Gasteiger partial charge in [0.1, 0.15) is 5.69 Å². The number of nitrogens with zero attached hydrogens (tertiary/aromatic N) is 3. The van der Waals surface area contributed by atoms with Gasteiger partial charge in [-0.15, -0.1) is 0 Å². The Labute approximate surface area is 169 Å². The molecule has 1 aliphatic heterocycles. The number of nitro benzene ring substituents is 1. The van der Waals surface area contributed by atoms with Crippen LogP contribution in [0.15, 0.2) is 36.4 Å². The number of piperazine rings is 1. The van der Waals surface area contributed by atoms with Crippen LogP contribution in [0.1, 0.15) is 28.4 Å². The summed E-state index contributed by atoms with van der Waals surface area (Å²) in [5.74, 6) is -0.392. The fraction of sp³-hybridized carbons (Fsp3) is 0.333. The van der Waals surface area contributed by atoms with Gasteiger partial charge in [0.25, 0.3) is 11.6 Å². The lowest BCUT2D eigenvalue weighted by Crippen LogP contribution is -2.48. The number of amides is 2. The van der Waals surface area contributed by atoms with Crippen LogP contribution >= 0.6 is 0 Å². The van der Waals surface area contributed by atoms with E-state index in [1.54, 1.807) is 17.0 Å². The van der Waals surface area contributed by atoms with Crippen LogP contribution in [-0.4, -0.2) is 47.8 Å². The van der Waals surface area contributed by atoms with Gasteiger partial charge in [0.2, 0.25) is 5.91 Å². The van der Waals surface area contributed by atoms with E-state index in [1.165, 1.54) is 13.0 Å². The number of carbonyl (C=O) groups is 2. The van der Waals surface area contributed by atoms with Crippen LogP contribution in [0.25, 0.3) is 0 Å². The summed E-state index contributed by atoms with van der Waals surface area (Å²) in [7, 11) is 0. The third kappa shape index (κ3) is 4.37. The van der Waals surface area contributed by atoms with Crippen LogP contribution in [0.4, 0.5) is 17.1 Å². The first-order valence-corrected chi connectivity index (χ1v) is 9.44. The predicted octanol–water partition coefficient (Wildman–Crippen LogP) is 3.13. The monoisotopic (exact) mass is 396 g/mol. The van der Waals surface area contributed by atoms with Crippen LogP contribution in [0.2, 0.25) is 0 Å². The van der Waals surface area contributed by atoms with Crippen molar-refractivity contribution in [3.63, 3.8) is 0 Å². The molecule has 0 radical (unpaired) electrons. The van der Waals surface area contributed by atoms with Gasteiger partial charge in [0.15, 0.2) is 0 Å². The second-order valence-corrected chi connectivity index (χ2v) is 7.17. The molecule has 0 atom stereocenters. The molecular weight excluding hydrogens is 372 g/mol. The number of para-hydroxylation sites is 1. The predicted molar refractivity (Wildman–Crippen MR) is 111 cm³/mol. The number of rotatable bonds is 4. The molecule has 2 aromatic carbocycles. The maximum Gasteiger partial charge on any atom is 0.293 e. The van der Waals surface area contributed by atoms with Gasteiger partial charge in [-0.25, -0.2) is 0 Å². The molecule has 0 aromatic heterocycles. The molecule has 1 saturated heterocycles. The average molecular weight is 396 g/mol. The van der Waals surface area contributed by atoms with E-state index in [9.17, 15) is 19.7 Å². The van der Waals surface area contributed by atoms with Crippen LogP contribution in [-0.2, 0) is 4.79 Å². The van der Waals surface area contributed by atoms with Crippen molar-refractivity contribution in [3.05, 3.63) is 63.2 Å². The minimum Gasteiger partial charge on any atom is -0.362 e. The smallest absolute Gasteiger partial charge is 0.293 e. The van der Waals surface area contributed by atoms with Crippen molar-refractivity contribution in [1.29, 1.82) is 0 Å². The number of carbonyl (C=O) groups excluding carboxylic acids is 2. The van der Waals surface area contributed by atoms with Crippen molar-refractivity contribution in [3.8, 4) is 0 Å². The summed E-state index contributed by atoms with van der Waals surface area (Å²) >= 11 is 0. The van der Waals surface area contributed by atoms with Gasteiger partial charge in [-0.3, -0.25) is 19.7 Å². The van der Waals surface area contributed by atoms with Gasteiger partial charge in [-0.1, -0.05) is 18.2 Å². The van der Waals surface area contributed by atoms with E-state index in [2.05, 4.69) is 5.32 Å². The van der Waals surface area contributed by atoms with E-state index in [0.717, 1.165) is 11.1 Å². The molecule has 0 unspecified atom stereocenters. The van der Waals surface area contributed by atoms with E-state index in [4.69, 9.17) is 0 Å². The van der Waals surface area contributed by atoms with Gasteiger partial charge in [0.05, 0.1) is 4.92 Å². The number of hydrogen-bond donors (Lipinski definition) is 1. The van der Waals surface area contributed by atoms with Gasteiger partial charge in [-0.2, -0.15) is 0 Å². The summed E-state index contributed by atoms with van der Waals surface area (Å²) in [5.41, 5.74) is 3.13. The van der Waals surface area contributed by atoms with Crippen molar-refractivity contribution in [2.45, 2.75) is 20.8 Å². The van der Waals surface area contributed by atoms with Crippen LogP contribution < -0.4 is 10.2 Å². The highest BCUT2D eigenvalue weighted by atomic mass is 16.6. The lowest BCUT2D eigenvalue weighted by atomic mass is 10.1. The first kappa shape index (κ1) is 20.3. The summed E-state index contributed by atoms with van der Waals surface area (Å²) in [6, 6.07) is 10.2. The van der Waals surface area contributed by atoms with Crippen LogP contribution in [0.3, 0.4) is 0 Å². The SMILES string of the molecule is CC(=O)N1CCN(c2ccc(C(=O)Nc3c(C)cccc3C)cc2[N+](=O)[O-])CC1. The normalized spacial score (nSPS) is 13.9. The summed E-state index contributed by atoms with van der Waals surface area (Å²) in [4.78, 5) is 39.0. The Morgan fingerprint density at radius 1 is 1.03 bits per heavy atom. The van der Waals surface area contributed by atoms with Gasteiger partial charge < -0.3 is 15.1 Å². The Morgan fingerprint density at radius 2 is 1.66 bits per heavy atom. The molecule has 2 aromatic rings. The number of aryl methyl sites for hydroxylation is 2. The zero-order valence-corrected chi connectivity index (χ0v) is 16.8. The van der Waals surface area contributed by atoms with Gasteiger partial charge in [0, 0.05) is 50.4 Å². The van der Waals surface area contributed by atoms with E-state index in [1.807, 2.05) is 36.9 Å². The molecule has 1 heterocycles. The van der Waals surface area contributed by atoms with Crippen molar-refractivity contribution < 1.29 is 14.5 Å². The molecule has 0 saturated carbocycles. The van der Waals surface area contributed by atoms with Crippen LogP contribution in [0, 0.1) is 24.0 Å². The Kier molecular flexibility index (Phi) is 5.81. The van der Waals surface area contributed by atoms with Crippen molar-refractivity contribution in [1.82, 2.24) is 4.90 Å². The number of anilines is 2. The Bertz CT molecular complexity index is 945. The molecule has 2 amide bonds. The number of hydrogen-bond acceptors (Lipinski definition) is 5. The van der Waals surface area contributed by atoms with E-state index in [-0.39, 0.29) is 17.2 Å². The van der Waals surface area contributed by atoms with Crippen molar-refractivity contribution in [2.24, 2.45) is 0 Å². The number of nitro groups is 1. The molecule has 0 bridgehead atoms. The molecule has 3 rings (SSSR count). The van der Waals surface area contributed by atoms with Crippen LogP contribution in [0.5, 0.6) is 0 Å². The Morgan fingerprint density at radius 3 is 2.21 bits per heavy atom. The summed E-state index contributed by atoms with van der Waals surface area (Å²) in [5, 5.41) is 14.5. The quantitative estimate of drug-likeness (QED) is 0.633. The summed E-state index contributed by atoms with van der Waals surface area (Å²) in [6.07, 6.45) is 0. The minimum absolute atomic E-state index is 0.00216. The van der Waals surface area contributed by atoms with Crippen molar-refractivity contribution in [2.75, 3.05) is 36.4 Å². The molecule has 8 nitrogen and oxygen atoms in total. The minimum atomic E-state index is -0.470. The molecule has 0 aliphatic carbocycles. The zero-order chi connectivity index (χ0) is 21.1. The topological polar surface area (TPSA) is 95.8 Å². The Hall–Kier alpha value is -3.42. The highest BCUT2D eigenvalue weighted by molar-refractivity contribution is 6.05. The molecule has 1 N–H and O–H groups in total. The fourth-order valence-corrected chi connectivity index (χ4v) is 3.54. The third-order valence-corrected chi connectivity index (χ3v) is 5.22. The first-order valence-electron chi connectivity index (χ1n) is 9.44. The van der Waals surface area contributed by atoms with Gasteiger partial charge in [-0.05, 0) is 37.1 Å². The molecular formula is C21H24N4O4. The number of nitrogens with one attached hydrogen (secondary N) is 1. The van der Waals surface area contributed by atoms with E-state index >= 15 is 0 Å². The highest BCUT2D eigenvalue weighted by Crippen LogP contribution is 2.31. The largest absolute Gasteiger partial charge is 0.362 e. The average Bonchev–Trinajstić information content (AvgIpc) is 2.70. The third-order valence-electron chi connectivity index (χ3n) is 5.22.